The molecule has 2 aromatic carbocycles. The van der Waals surface area contributed by atoms with E-state index >= 15 is 0 Å². The molecule has 0 amide bonds. The minimum absolute atomic E-state index is 0. The highest BCUT2D eigenvalue weighted by molar-refractivity contribution is 7.18. The van der Waals surface area contributed by atoms with Gasteiger partial charge in [0.1, 0.15) is 10.3 Å². The van der Waals surface area contributed by atoms with Gasteiger partial charge in [-0.3, -0.25) is 0 Å². The van der Waals surface area contributed by atoms with Crippen molar-refractivity contribution >= 4 is 56.3 Å². The second kappa shape index (κ2) is 10.1. The van der Waals surface area contributed by atoms with E-state index in [1.807, 2.05) is 42.5 Å². The van der Waals surface area contributed by atoms with Gasteiger partial charge in [0.2, 0.25) is 12.1 Å². The van der Waals surface area contributed by atoms with Gasteiger partial charge < -0.3 is 31.4 Å². The molecule has 2 heterocycles. The number of para-hydroxylation sites is 1. The molecule has 0 unspecified atom stereocenters. The summed E-state index contributed by atoms with van der Waals surface area (Å²) in [5, 5.41) is 10.9. The van der Waals surface area contributed by atoms with E-state index in [4.69, 9.17) is 4.42 Å². The molecule has 0 atom stereocenters. The van der Waals surface area contributed by atoms with Crippen LogP contribution in [0.25, 0.3) is 33.3 Å². The summed E-state index contributed by atoms with van der Waals surface area (Å²) in [4.78, 5) is 26.1. The van der Waals surface area contributed by atoms with Gasteiger partial charge in [-0.05, 0) is 44.2 Å². The molecule has 0 aliphatic heterocycles. The van der Waals surface area contributed by atoms with Crippen LogP contribution < -0.4 is 32.1 Å². The highest BCUT2D eigenvalue weighted by atomic mass is 79.9. The zero-order valence-electron chi connectivity index (χ0n) is 17.7. The lowest BCUT2D eigenvalue weighted by Crippen LogP contribution is -3.00. The van der Waals surface area contributed by atoms with E-state index in [1.165, 1.54) is 11.3 Å². The zero-order valence-corrected chi connectivity index (χ0v) is 20.1. The van der Waals surface area contributed by atoms with Crippen LogP contribution in [0.15, 0.2) is 57.7 Å². The van der Waals surface area contributed by atoms with Gasteiger partial charge in [-0.15, -0.1) is 0 Å². The van der Waals surface area contributed by atoms with E-state index in [0.717, 1.165) is 39.4 Å². The summed E-state index contributed by atoms with van der Waals surface area (Å²) in [6.45, 7) is 5.77. The molecule has 6 nitrogen and oxygen atoms in total. The number of halogens is 1. The minimum atomic E-state index is -0.919. The normalized spacial score (nSPS) is 11.2. The van der Waals surface area contributed by atoms with Gasteiger partial charge in [0.25, 0.3) is 5.01 Å². The van der Waals surface area contributed by atoms with Crippen LogP contribution in [-0.4, -0.2) is 24.2 Å². The number of carboxylic acid groups (broad SMARTS) is 1. The molecule has 0 aliphatic carbocycles. The molecule has 0 aliphatic rings. The molecule has 0 fully saturated rings. The number of fused-ring (bicyclic) bond motifs is 2. The summed E-state index contributed by atoms with van der Waals surface area (Å²) in [6.07, 6.45) is 3.46. The molecule has 4 rings (SSSR count). The first-order valence-corrected chi connectivity index (χ1v) is 11.0. The molecule has 0 spiro atoms. The number of aromatic nitrogens is 1. The number of carboxylic acids is 1. The van der Waals surface area contributed by atoms with Crippen molar-refractivity contribution in [3.63, 3.8) is 0 Å². The molecule has 1 N–H and O–H groups in total. The van der Waals surface area contributed by atoms with Crippen LogP contribution in [0.2, 0.25) is 0 Å². The van der Waals surface area contributed by atoms with Crippen molar-refractivity contribution in [1.29, 1.82) is 0 Å². The van der Waals surface area contributed by atoms with E-state index in [9.17, 15) is 14.7 Å². The van der Waals surface area contributed by atoms with Gasteiger partial charge in [-0.1, -0.05) is 23.5 Å². The quantitative estimate of drug-likeness (QED) is 0.298. The average Bonchev–Trinajstić information content (AvgIpc) is 3.10. The monoisotopic (exact) mass is 514 g/mol. The Morgan fingerprint density at radius 3 is 2.59 bits per heavy atom. The largest absolute Gasteiger partial charge is 1.00 e. The average molecular weight is 515 g/mol. The standard InChI is InChI=1S/C24H22N2O4S.BrH/c1-3-25(4-2)18-11-9-16-13-17(24(29)30-20(16)14-18)10-12-22-26(15-23(27)28)19-7-5-6-8-21(19)31-22;/h5-14H,3-4,15H2,1-2H3;1H. The first-order chi connectivity index (χ1) is 15.0. The fourth-order valence-corrected chi connectivity index (χ4v) is 4.72. The Morgan fingerprint density at radius 1 is 1.12 bits per heavy atom. The number of anilines is 1. The highest BCUT2D eigenvalue weighted by Crippen LogP contribution is 2.24. The molecule has 0 saturated heterocycles. The molecule has 2 aromatic heterocycles. The van der Waals surface area contributed by atoms with Crippen LogP contribution in [0.3, 0.4) is 0 Å². The molecule has 0 saturated carbocycles. The Kier molecular flexibility index (Phi) is 7.48. The number of benzene rings is 2. The third kappa shape index (κ3) is 4.76. The molecule has 32 heavy (non-hydrogen) atoms. The maximum atomic E-state index is 12.6. The van der Waals surface area contributed by atoms with Crippen molar-refractivity contribution in [1.82, 2.24) is 0 Å². The van der Waals surface area contributed by atoms with E-state index < -0.39 is 11.6 Å². The predicted molar refractivity (Wildman–Crippen MR) is 125 cm³/mol. The molecule has 0 bridgehead atoms. The van der Waals surface area contributed by atoms with E-state index in [-0.39, 0.29) is 23.5 Å². The van der Waals surface area contributed by atoms with Crippen LogP contribution in [0.4, 0.5) is 5.69 Å². The summed E-state index contributed by atoms with van der Waals surface area (Å²) >= 11 is 1.48. The van der Waals surface area contributed by atoms with E-state index in [0.29, 0.717) is 11.1 Å². The van der Waals surface area contributed by atoms with Crippen molar-refractivity contribution in [2.75, 3.05) is 18.0 Å². The van der Waals surface area contributed by atoms with Crippen LogP contribution in [0, 0.1) is 0 Å². The third-order valence-corrected chi connectivity index (χ3v) is 6.34. The Bertz CT molecular complexity index is 1360. The van der Waals surface area contributed by atoms with Gasteiger partial charge >= 0.3 is 11.6 Å². The van der Waals surface area contributed by atoms with Gasteiger partial charge in [0.15, 0.2) is 0 Å². The molecule has 8 heteroatoms. The van der Waals surface area contributed by atoms with Crippen molar-refractivity contribution < 1.29 is 35.9 Å². The number of nitrogens with zero attached hydrogens (tertiary/aromatic N) is 2. The topological polar surface area (TPSA) is 74.6 Å². The lowest BCUT2D eigenvalue weighted by Gasteiger charge is -2.20. The fraction of sp³-hybridized carbons (Fsp3) is 0.208. The summed E-state index contributed by atoms with van der Waals surface area (Å²) < 4.78 is 8.30. The van der Waals surface area contributed by atoms with Crippen LogP contribution in [0.1, 0.15) is 24.4 Å². The number of aliphatic carboxylic acids is 1. The molecule has 4 aromatic rings. The predicted octanol–water partition coefficient (Wildman–Crippen LogP) is 1.40. The van der Waals surface area contributed by atoms with Gasteiger partial charge in [-0.25, -0.2) is 9.59 Å². The molecular formula is C24H23BrN2O4S. The molecule has 166 valence electrons. The maximum absolute atomic E-state index is 12.6. The Hall–Kier alpha value is -2.97. The zero-order chi connectivity index (χ0) is 22.0. The van der Waals surface area contributed by atoms with Crippen LogP contribution in [-0.2, 0) is 11.3 Å². The Labute approximate surface area is 199 Å². The SMILES string of the molecule is CCN(CC)c1ccc2cc(/C=C/c3sc4ccccc4[n+]3CC(=O)O)c(=O)oc2c1.[Br-]. The highest BCUT2D eigenvalue weighted by Gasteiger charge is 2.21. The van der Waals surface area contributed by atoms with E-state index in [1.54, 1.807) is 22.8 Å². The Balaban J connectivity index is 0.00000289. The van der Waals surface area contributed by atoms with Crippen molar-refractivity contribution in [2.45, 2.75) is 20.4 Å². The van der Waals surface area contributed by atoms with E-state index in [2.05, 4.69) is 18.7 Å². The van der Waals surface area contributed by atoms with Gasteiger partial charge in [0, 0.05) is 42.4 Å². The Morgan fingerprint density at radius 2 is 1.88 bits per heavy atom. The second-order valence-corrected chi connectivity index (χ2v) is 8.17. The number of hydrogen-bond acceptors (Lipinski definition) is 5. The molecule has 0 radical (unpaired) electrons. The maximum Gasteiger partial charge on any atom is 0.370 e. The van der Waals surface area contributed by atoms with Crippen LogP contribution >= 0.6 is 11.3 Å². The second-order valence-electron chi connectivity index (χ2n) is 7.10. The summed E-state index contributed by atoms with van der Waals surface area (Å²) in [7, 11) is 0. The van der Waals surface area contributed by atoms with Crippen molar-refractivity contribution in [3.8, 4) is 0 Å². The third-order valence-electron chi connectivity index (χ3n) is 5.21. The lowest BCUT2D eigenvalue weighted by molar-refractivity contribution is -0.657. The summed E-state index contributed by atoms with van der Waals surface area (Å²) in [5.41, 5.74) is 2.41. The summed E-state index contributed by atoms with van der Waals surface area (Å²) in [6, 6.07) is 15.3. The number of carbonyl (C=O) groups is 1. The summed E-state index contributed by atoms with van der Waals surface area (Å²) in [5.74, 6) is -0.919. The first-order valence-electron chi connectivity index (χ1n) is 10.1. The van der Waals surface area contributed by atoms with Gasteiger partial charge in [0.05, 0.1) is 5.56 Å². The van der Waals surface area contributed by atoms with Crippen molar-refractivity contribution in [2.24, 2.45) is 0 Å². The fourth-order valence-electron chi connectivity index (χ4n) is 3.65. The number of thiazole rings is 1. The smallest absolute Gasteiger partial charge is 0.370 e. The first kappa shape index (κ1) is 23.7. The minimum Gasteiger partial charge on any atom is -1.00 e. The molecular weight excluding hydrogens is 492 g/mol. The van der Waals surface area contributed by atoms with Gasteiger partial charge in [-0.2, -0.15) is 4.57 Å². The van der Waals surface area contributed by atoms with Crippen molar-refractivity contribution in [3.05, 3.63) is 69.5 Å². The number of rotatable bonds is 7. The van der Waals surface area contributed by atoms with Crippen LogP contribution in [0.5, 0.6) is 0 Å². The number of hydrogen-bond donors (Lipinski definition) is 1. The lowest BCUT2D eigenvalue weighted by atomic mass is 10.1.